The van der Waals surface area contributed by atoms with Gasteiger partial charge in [-0.15, -0.1) is 17.1 Å². The zero-order chi connectivity index (χ0) is 13.2. The summed E-state index contributed by atoms with van der Waals surface area (Å²) in [5, 5.41) is 6.43. The van der Waals surface area contributed by atoms with Gasteiger partial charge in [-0.1, -0.05) is 36.4 Å². The highest BCUT2D eigenvalue weighted by Gasteiger charge is 1.94. The maximum Gasteiger partial charge on any atom is 0.224 e. The molecule has 4 heteroatoms. The highest BCUT2D eigenvalue weighted by atomic mass is 32.1. The maximum absolute atomic E-state index is 5.03. The van der Waals surface area contributed by atoms with Gasteiger partial charge in [-0.3, -0.25) is 0 Å². The number of hydrogen-bond acceptors (Lipinski definition) is 1. The molecule has 0 unspecified atom stereocenters. The molecule has 18 heavy (non-hydrogen) atoms. The number of thiocarbonyl (C=S) groups is 1. The van der Waals surface area contributed by atoms with E-state index in [9.17, 15) is 0 Å². The number of hydrogen-bond donors (Lipinski definition) is 3. The quantitative estimate of drug-likeness (QED) is 0.317. The van der Waals surface area contributed by atoms with Crippen LogP contribution in [0.5, 0.6) is 0 Å². The predicted octanol–water partition coefficient (Wildman–Crippen LogP) is 0.806. The van der Waals surface area contributed by atoms with E-state index in [2.05, 4.69) is 40.6 Å². The summed E-state index contributed by atoms with van der Waals surface area (Å²) < 4.78 is 0. The molecule has 0 radical (unpaired) electrons. The minimum atomic E-state index is 0.540. The Kier molecular flexibility index (Phi) is 6.43. The Morgan fingerprint density at radius 2 is 2.11 bits per heavy atom. The van der Waals surface area contributed by atoms with E-state index in [4.69, 9.17) is 12.2 Å². The van der Waals surface area contributed by atoms with Gasteiger partial charge >= 0.3 is 0 Å². The molecule has 0 saturated heterocycles. The molecule has 1 rings (SSSR count). The van der Waals surface area contributed by atoms with Crippen LogP contribution in [0.15, 0.2) is 48.6 Å². The van der Waals surface area contributed by atoms with Crippen LogP contribution in [0.25, 0.3) is 6.08 Å². The maximum atomic E-state index is 5.03. The zero-order valence-corrected chi connectivity index (χ0v) is 11.3. The molecule has 3 nitrogen and oxygen atoms in total. The number of hydrazine groups is 1. The Labute approximate surface area is 113 Å². The Balaban J connectivity index is 2.44. The van der Waals surface area contributed by atoms with E-state index in [0.717, 1.165) is 5.57 Å². The second kappa shape index (κ2) is 8.20. The Morgan fingerprint density at radius 3 is 2.78 bits per heavy atom. The average Bonchev–Trinajstić information content (AvgIpc) is 2.37. The molecule has 0 aliphatic carbocycles. The predicted molar refractivity (Wildman–Crippen MR) is 81.1 cm³/mol. The number of allylic oxidation sites excluding steroid dienone is 1. The van der Waals surface area contributed by atoms with Crippen molar-refractivity contribution in [3.8, 4) is 0 Å². The van der Waals surface area contributed by atoms with Crippen molar-refractivity contribution in [2.45, 2.75) is 6.92 Å². The molecule has 0 heterocycles. The number of rotatable bonds is 5. The van der Waals surface area contributed by atoms with Crippen molar-refractivity contribution < 1.29 is 5.10 Å². The van der Waals surface area contributed by atoms with Gasteiger partial charge in [0.25, 0.3) is 0 Å². The van der Waals surface area contributed by atoms with Gasteiger partial charge in [-0.25, -0.2) is 0 Å². The van der Waals surface area contributed by atoms with Gasteiger partial charge in [0.05, 0.1) is 0 Å². The molecule has 0 spiro atoms. The Morgan fingerprint density at radius 1 is 1.39 bits per heavy atom. The molecule has 0 bridgehead atoms. The van der Waals surface area contributed by atoms with Crippen molar-refractivity contribution in [2.75, 3.05) is 6.54 Å². The van der Waals surface area contributed by atoms with Gasteiger partial charge in [-0.05, 0) is 30.8 Å². The molecular weight excluding hydrogens is 242 g/mol. The summed E-state index contributed by atoms with van der Waals surface area (Å²) in [5.41, 5.74) is 5.12. The third-order valence-corrected chi connectivity index (χ3v) is 2.33. The van der Waals surface area contributed by atoms with Gasteiger partial charge in [-0.2, -0.15) is 0 Å². The van der Waals surface area contributed by atoms with E-state index in [0.29, 0.717) is 11.7 Å². The fraction of sp³-hybridized carbons (Fsp3) is 0.143. The molecule has 0 amide bonds. The molecule has 1 aromatic carbocycles. The van der Waals surface area contributed by atoms with Crippen molar-refractivity contribution in [1.29, 1.82) is 0 Å². The SMILES string of the molecule is C=CCNC(=S)N[NH+]=CC(C)=Cc1ccccc1. The second-order valence-electron chi connectivity index (χ2n) is 3.71. The van der Waals surface area contributed by atoms with Gasteiger partial charge in [0.1, 0.15) is 0 Å². The number of benzene rings is 1. The van der Waals surface area contributed by atoms with Crippen LogP contribution in [0.1, 0.15) is 12.5 Å². The fourth-order valence-electron chi connectivity index (χ4n) is 1.28. The molecule has 0 aromatic heterocycles. The minimum absolute atomic E-state index is 0.540. The van der Waals surface area contributed by atoms with Crippen LogP contribution >= 0.6 is 12.2 Å². The van der Waals surface area contributed by atoms with E-state index in [1.807, 2.05) is 31.3 Å². The first-order valence-electron chi connectivity index (χ1n) is 5.69. The third kappa shape index (κ3) is 5.96. The molecular formula is C14H18N3S+. The molecule has 0 fully saturated rings. The lowest BCUT2D eigenvalue weighted by molar-refractivity contribution is -0.500. The zero-order valence-electron chi connectivity index (χ0n) is 10.4. The van der Waals surface area contributed by atoms with E-state index < -0.39 is 0 Å². The van der Waals surface area contributed by atoms with Crippen LogP contribution in [-0.2, 0) is 0 Å². The van der Waals surface area contributed by atoms with Crippen LogP contribution in [0, 0.1) is 0 Å². The van der Waals surface area contributed by atoms with Gasteiger partial charge < -0.3 is 5.32 Å². The van der Waals surface area contributed by atoms with Crippen molar-refractivity contribution in [3.63, 3.8) is 0 Å². The van der Waals surface area contributed by atoms with Crippen molar-refractivity contribution in [3.05, 3.63) is 54.1 Å². The van der Waals surface area contributed by atoms with Gasteiger partial charge in [0, 0.05) is 12.1 Å². The molecule has 0 saturated carbocycles. The van der Waals surface area contributed by atoms with Crippen molar-refractivity contribution in [1.82, 2.24) is 10.7 Å². The first-order chi connectivity index (χ1) is 8.72. The fourth-order valence-corrected chi connectivity index (χ4v) is 1.42. The van der Waals surface area contributed by atoms with Crippen molar-refractivity contribution in [2.24, 2.45) is 0 Å². The highest BCUT2D eigenvalue weighted by Crippen LogP contribution is 2.03. The van der Waals surface area contributed by atoms with Crippen molar-refractivity contribution >= 4 is 29.6 Å². The monoisotopic (exact) mass is 260 g/mol. The minimum Gasteiger partial charge on any atom is -0.355 e. The number of nitrogens with one attached hydrogen (secondary N) is 3. The smallest absolute Gasteiger partial charge is 0.224 e. The average molecular weight is 260 g/mol. The Bertz CT molecular complexity index is 449. The van der Waals surface area contributed by atoms with Crippen LogP contribution < -0.4 is 15.8 Å². The van der Waals surface area contributed by atoms with E-state index in [1.165, 1.54) is 5.56 Å². The molecule has 94 valence electrons. The van der Waals surface area contributed by atoms with E-state index >= 15 is 0 Å². The normalized spacial score (nSPS) is 11.3. The van der Waals surface area contributed by atoms with E-state index in [1.54, 1.807) is 6.08 Å². The lowest BCUT2D eigenvalue weighted by atomic mass is 10.1. The molecule has 0 aliphatic rings. The molecule has 1 aromatic rings. The highest BCUT2D eigenvalue weighted by molar-refractivity contribution is 7.80. The van der Waals surface area contributed by atoms with Crippen LogP contribution in [0.4, 0.5) is 0 Å². The summed E-state index contributed by atoms with van der Waals surface area (Å²) in [6, 6.07) is 10.1. The van der Waals surface area contributed by atoms with Gasteiger partial charge in [0.2, 0.25) is 5.11 Å². The van der Waals surface area contributed by atoms with Crippen LogP contribution in [0.3, 0.4) is 0 Å². The largest absolute Gasteiger partial charge is 0.355 e. The first kappa shape index (κ1) is 14.1. The molecule has 0 atom stereocenters. The summed E-state index contributed by atoms with van der Waals surface area (Å²) in [7, 11) is 0. The third-order valence-electron chi connectivity index (χ3n) is 2.09. The standard InChI is InChI=1S/C14H17N3S/c1-3-9-15-14(18)17-16-11-12(2)10-13-7-5-4-6-8-13/h3-8,10-11H,1,9H2,2H3,(H2,15,17,18)/p+1. The summed E-state index contributed by atoms with van der Waals surface area (Å²) in [6.07, 6.45) is 5.68. The second-order valence-corrected chi connectivity index (χ2v) is 4.12. The lowest BCUT2D eigenvalue weighted by Gasteiger charge is -1.99. The van der Waals surface area contributed by atoms with E-state index in [-0.39, 0.29) is 0 Å². The molecule has 0 aliphatic heterocycles. The number of hydrazone groups is 1. The summed E-state index contributed by atoms with van der Waals surface area (Å²) in [5.74, 6) is 0. The summed E-state index contributed by atoms with van der Waals surface area (Å²) >= 11 is 5.03. The van der Waals surface area contributed by atoms with Gasteiger partial charge in [0.15, 0.2) is 6.21 Å². The topological polar surface area (TPSA) is 38.0 Å². The summed E-state index contributed by atoms with van der Waals surface area (Å²) in [4.78, 5) is 0. The first-order valence-corrected chi connectivity index (χ1v) is 6.10. The molecule has 3 N–H and O–H groups in total. The van der Waals surface area contributed by atoms with Crippen LogP contribution in [-0.4, -0.2) is 17.9 Å². The van der Waals surface area contributed by atoms with Crippen LogP contribution in [0.2, 0.25) is 0 Å². The summed E-state index contributed by atoms with van der Waals surface area (Å²) in [6.45, 7) is 6.26. The lowest BCUT2D eigenvalue weighted by Crippen LogP contribution is -2.82. The Hall–Kier alpha value is -1.94.